The smallest absolute Gasteiger partial charge is 0.220 e. The molecule has 0 atom stereocenters. The van der Waals surface area contributed by atoms with Gasteiger partial charge in [0, 0.05) is 48.2 Å². The molecule has 0 saturated heterocycles. The van der Waals surface area contributed by atoms with Gasteiger partial charge in [0.1, 0.15) is 0 Å². The van der Waals surface area contributed by atoms with Gasteiger partial charge in [-0.15, -0.1) is 0 Å². The number of rotatable bonds is 10. The predicted molar refractivity (Wildman–Crippen MR) is 105 cm³/mol. The molecule has 0 aliphatic rings. The van der Waals surface area contributed by atoms with E-state index in [-0.39, 0.29) is 5.91 Å². The highest BCUT2D eigenvalue weighted by Gasteiger charge is 2.07. The number of H-pyrrole nitrogens is 1. The van der Waals surface area contributed by atoms with Crippen LogP contribution in [0.2, 0.25) is 0 Å². The van der Waals surface area contributed by atoms with Crippen molar-refractivity contribution >= 4 is 27.7 Å². The molecular formula is C21H27N3O2. The first-order valence-corrected chi connectivity index (χ1v) is 9.47. The summed E-state index contributed by atoms with van der Waals surface area (Å²) in [6, 6.07) is 10.3. The highest BCUT2D eigenvalue weighted by atomic mass is 16.5. The Morgan fingerprint density at radius 1 is 1.15 bits per heavy atom. The monoisotopic (exact) mass is 353 g/mol. The van der Waals surface area contributed by atoms with Crippen LogP contribution in [-0.4, -0.2) is 35.6 Å². The zero-order valence-corrected chi connectivity index (χ0v) is 15.4. The SMILES string of the molecule is CCCCOCCCNC(=O)CCc1cc2c(cn1)[nH]c1ccccc12. The molecule has 0 radical (unpaired) electrons. The van der Waals surface area contributed by atoms with Crippen molar-refractivity contribution in [2.75, 3.05) is 19.8 Å². The Bertz CT molecular complexity index is 857. The van der Waals surface area contributed by atoms with Crippen LogP contribution in [0.1, 0.15) is 38.3 Å². The van der Waals surface area contributed by atoms with Crippen molar-refractivity contribution in [3.63, 3.8) is 0 Å². The number of para-hydroxylation sites is 1. The second-order valence-electron chi connectivity index (χ2n) is 6.56. The van der Waals surface area contributed by atoms with Crippen molar-refractivity contribution < 1.29 is 9.53 Å². The van der Waals surface area contributed by atoms with E-state index < -0.39 is 0 Å². The molecule has 5 heteroatoms. The minimum atomic E-state index is 0.0689. The summed E-state index contributed by atoms with van der Waals surface area (Å²) >= 11 is 0. The topological polar surface area (TPSA) is 67.0 Å². The van der Waals surface area contributed by atoms with E-state index in [1.54, 1.807) is 0 Å². The van der Waals surface area contributed by atoms with Crippen molar-refractivity contribution in [3.8, 4) is 0 Å². The predicted octanol–water partition coefficient (Wildman–Crippen LogP) is 3.97. The highest BCUT2D eigenvalue weighted by Crippen LogP contribution is 2.25. The molecule has 0 aliphatic heterocycles. The van der Waals surface area contributed by atoms with E-state index in [0.29, 0.717) is 26.0 Å². The van der Waals surface area contributed by atoms with Gasteiger partial charge in [0.15, 0.2) is 0 Å². The fraction of sp³-hybridized carbons (Fsp3) is 0.429. The lowest BCUT2D eigenvalue weighted by Gasteiger charge is -2.06. The maximum absolute atomic E-state index is 12.0. The standard InChI is InChI=1S/C21H27N3O2/c1-2-3-12-26-13-6-11-22-21(25)10-9-16-14-18-17-7-4-5-8-19(17)24-20(18)15-23-16/h4-5,7-8,14-15,24H,2-3,6,9-13H2,1H3,(H,22,25). The lowest BCUT2D eigenvalue weighted by atomic mass is 10.1. The van der Waals surface area contributed by atoms with E-state index in [1.807, 2.05) is 18.3 Å². The molecule has 2 aromatic heterocycles. The second kappa shape index (κ2) is 9.34. The molecule has 2 N–H and O–H groups in total. The van der Waals surface area contributed by atoms with Crippen LogP contribution in [0.15, 0.2) is 36.5 Å². The molecule has 0 unspecified atom stereocenters. The number of fused-ring (bicyclic) bond motifs is 3. The van der Waals surface area contributed by atoms with Crippen LogP contribution < -0.4 is 5.32 Å². The Hall–Kier alpha value is -2.40. The Morgan fingerprint density at radius 3 is 2.88 bits per heavy atom. The van der Waals surface area contributed by atoms with E-state index in [0.717, 1.165) is 48.0 Å². The van der Waals surface area contributed by atoms with Crippen LogP contribution in [0.25, 0.3) is 21.8 Å². The number of pyridine rings is 1. The van der Waals surface area contributed by atoms with Crippen molar-refractivity contribution in [1.82, 2.24) is 15.3 Å². The summed E-state index contributed by atoms with van der Waals surface area (Å²) in [6.07, 6.45) is 6.06. The van der Waals surface area contributed by atoms with Gasteiger partial charge in [0.25, 0.3) is 0 Å². The Balaban J connectivity index is 1.45. The summed E-state index contributed by atoms with van der Waals surface area (Å²) in [5.74, 6) is 0.0689. The lowest BCUT2D eigenvalue weighted by Crippen LogP contribution is -2.25. The number of nitrogens with one attached hydrogen (secondary N) is 2. The van der Waals surface area contributed by atoms with Crippen LogP contribution in [0, 0.1) is 0 Å². The van der Waals surface area contributed by atoms with E-state index >= 15 is 0 Å². The number of carbonyl (C=O) groups excluding carboxylic acids is 1. The van der Waals surface area contributed by atoms with Crippen molar-refractivity contribution in [2.24, 2.45) is 0 Å². The van der Waals surface area contributed by atoms with Gasteiger partial charge in [-0.25, -0.2) is 0 Å². The third kappa shape index (κ3) is 4.82. The van der Waals surface area contributed by atoms with Crippen LogP contribution in [0.4, 0.5) is 0 Å². The molecule has 0 spiro atoms. The van der Waals surface area contributed by atoms with Gasteiger partial charge in [-0.1, -0.05) is 31.5 Å². The number of hydrogen-bond donors (Lipinski definition) is 2. The first-order chi connectivity index (χ1) is 12.8. The van der Waals surface area contributed by atoms with Gasteiger partial charge in [0.2, 0.25) is 5.91 Å². The van der Waals surface area contributed by atoms with Gasteiger partial charge in [0.05, 0.1) is 11.7 Å². The largest absolute Gasteiger partial charge is 0.381 e. The summed E-state index contributed by atoms with van der Waals surface area (Å²) in [5, 5.41) is 5.31. The van der Waals surface area contributed by atoms with Crippen LogP contribution in [-0.2, 0) is 16.0 Å². The molecule has 0 fully saturated rings. The number of aromatic amines is 1. The summed E-state index contributed by atoms with van der Waals surface area (Å²) in [6.45, 7) is 4.33. The summed E-state index contributed by atoms with van der Waals surface area (Å²) in [5.41, 5.74) is 3.09. The van der Waals surface area contributed by atoms with Gasteiger partial charge >= 0.3 is 0 Å². The molecule has 26 heavy (non-hydrogen) atoms. The molecule has 3 aromatic rings. The van der Waals surface area contributed by atoms with Crippen LogP contribution >= 0.6 is 0 Å². The average Bonchev–Trinajstić information content (AvgIpc) is 3.03. The average molecular weight is 353 g/mol. The molecule has 2 heterocycles. The maximum Gasteiger partial charge on any atom is 0.220 e. The second-order valence-corrected chi connectivity index (χ2v) is 6.56. The van der Waals surface area contributed by atoms with E-state index in [9.17, 15) is 4.79 Å². The quantitative estimate of drug-likeness (QED) is 0.542. The number of aromatic nitrogens is 2. The summed E-state index contributed by atoms with van der Waals surface area (Å²) < 4.78 is 5.49. The maximum atomic E-state index is 12.0. The minimum absolute atomic E-state index is 0.0689. The number of unbranched alkanes of at least 4 members (excludes halogenated alkanes) is 1. The van der Waals surface area contributed by atoms with Crippen molar-refractivity contribution in [1.29, 1.82) is 0 Å². The Labute approximate surface area is 154 Å². The van der Waals surface area contributed by atoms with Crippen molar-refractivity contribution in [3.05, 3.63) is 42.2 Å². The molecule has 0 aliphatic carbocycles. The van der Waals surface area contributed by atoms with Gasteiger partial charge in [-0.3, -0.25) is 9.78 Å². The molecule has 0 bridgehead atoms. The van der Waals surface area contributed by atoms with Crippen LogP contribution in [0.5, 0.6) is 0 Å². The van der Waals surface area contributed by atoms with Gasteiger partial charge < -0.3 is 15.0 Å². The van der Waals surface area contributed by atoms with Gasteiger partial charge in [-0.2, -0.15) is 0 Å². The molecule has 138 valence electrons. The van der Waals surface area contributed by atoms with E-state index in [1.165, 1.54) is 5.39 Å². The summed E-state index contributed by atoms with van der Waals surface area (Å²) in [7, 11) is 0. The lowest BCUT2D eigenvalue weighted by molar-refractivity contribution is -0.121. The van der Waals surface area contributed by atoms with Crippen molar-refractivity contribution in [2.45, 2.75) is 39.0 Å². The fourth-order valence-electron chi connectivity index (χ4n) is 3.01. The third-order valence-corrected chi connectivity index (χ3v) is 4.49. The van der Waals surface area contributed by atoms with E-state index in [2.05, 4.69) is 40.4 Å². The molecule has 1 amide bonds. The zero-order valence-electron chi connectivity index (χ0n) is 15.4. The number of hydrogen-bond acceptors (Lipinski definition) is 3. The Kier molecular flexibility index (Phi) is 6.61. The molecular weight excluding hydrogens is 326 g/mol. The normalized spacial score (nSPS) is 11.3. The fourth-order valence-corrected chi connectivity index (χ4v) is 3.01. The van der Waals surface area contributed by atoms with E-state index in [4.69, 9.17) is 4.74 Å². The number of aryl methyl sites for hydroxylation is 1. The Morgan fingerprint density at radius 2 is 2.00 bits per heavy atom. The minimum Gasteiger partial charge on any atom is -0.381 e. The third-order valence-electron chi connectivity index (χ3n) is 4.49. The highest BCUT2D eigenvalue weighted by molar-refractivity contribution is 6.06. The number of carbonyl (C=O) groups is 1. The molecule has 0 saturated carbocycles. The van der Waals surface area contributed by atoms with Gasteiger partial charge in [-0.05, 0) is 31.4 Å². The first-order valence-electron chi connectivity index (χ1n) is 9.47. The number of ether oxygens (including phenoxy) is 1. The first kappa shape index (κ1) is 18.4. The number of amides is 1. The molecule has 5 nitrogen and oxygen atoms in total. The molecule has 1 aromatic carbocycles. The summed E-state index contributed by atoms with van der Waals surface area (Å²) in [4.78, 5) is 19.8. The molecule has 3 rings (SSSR count). The van der Waals surface area contributed by atoms with Crippen LogP contribution in [0.3, 0.4) is 0 Å². The number of benzene rings is 1. The number of nitrogens with zero attached hydrogens (tertiary/aromatic N) is 1. The zero-order chi connectivity index (χ0) is 18.2.